The van der Waals surface area contributed by atoms with E-state index in [9.17, 15) is 9.90 Å². The van der Waals surface area contributed by atoms with Gasteiger partial charge < -0.3 is 15.7 Å². The number of aliphatic hydroxyl groups is 1. The van der Waals surface area contributed by atoms with Crippen LogP contribution >= 0.6 is 0 Å². The SMILES string of the molecule is CCC1CCN(CC(O)CN2CCC(C(N)=O)C2)CC1. The molecule has 116 valence electrons. The molecule has 0 aromatic rings. The van der Waals surface area contributed by atoms with Crippen molar-refractivity contribution in [1.82, 2.24) is 9.80 Å². The number of nitrogens with two attached hydrogens (primary N) is 1. The molecule has 3 N–H and O–H groups in total. The number of amides is 1. The van der Waals surface area contributed by atoms with Gasteiger partial charge in [0.2, 0.25) is 5.91 Å². The Morgan fingerprint density at radius 1 is 1.20 bits per heavy atom. The van der Waals surface area contributed by atoms with Gasteiger partial charge in [0.1, 0.15) is 0 Å². The predicted octanol–water partition coefficient (Wildman–Crippen LogP) is 0.277. The zero-order valence-corrected chi connectivity index (χ0v) is 12.6. The molecule has 0 aromatic carbocycles. The van der Waals surface area contributed by atoms with Crippen LogP contribution in [0.4, 0.5) is 0 Å². The molecular formula is C15H29N3O2. The van der Waals surface area contributed by atoms with E-state index in [0.717, 1.165) is 38.5 Å². The summed E-state index contributed by atoms with van der Waals surface area (Å²) in [5, 5.41) is 10.2. The maximum atomic E-state index is 11.1. The van der Waals surface area contributed by atoms with E-state index in [4.69, 9.17) is 5.73 Å². The third kappa shape index (κ3) is 4.43. The number of piperidine rings is 1. The molecule has 0 aromatic heterocycles. The maximum absolute atomic E-state index is 11.1. The largest absolute Gasteiger partial charge is 0.390 e. The Bertz CT molecular complexity index is 316. The van der Waals surface area contributed by atoms with E-state index in [2.05, 4.69) is 16.7 Å². The van der Waals surface area contributed by atoms with Crippen molar-refractivity contribution < 1.29 is 9.90 Å². The summed E-state index contributed by atoms with van der Waals surface area (Å²) in [6, 6.07) is 0. The van der Waals surface area contributed by atoms with E-state index >= 15 is 0 Å². The van der Waals surface area contributed by atoms with Crippen molar-refractivity contribution in [2.45, 2.75) is 38.7 Å². The van der Waals surface area contributed by atoms with Crippen molar-refractivity contribution in [3.8, 4) is 0 Å². The highest BCUT2D eigenvalue weighted by Crippen LogP contribution is 2.20. The molecule has 0 radical (unpaired) electrons. The number of hydrogen-bond acceptors (Lipinski definition) is 4. The second-order valence-corrected chi connectivity index (χ2v) is 6.45. The fourth-order valence-electron chi connectivity index (χ4n) is 3.46. The highest BCUT2D eigenvalue weighted by atomic mass is 16.3. The van der Waals surface area contributed by atoms with Gasteiger partial charge in [-0.2, -0.15) is 0 Å². The van der Waals surface area contributed by atoms with Crippen LogP contribution in [0.1, 0.15) is 32.6 Å². The lowest BCUT2D eigenvalue weighted by atomic mass is 9.94. The van der Waals surface area contributed by atoms with E-state index in [-0.39, 0.29) is 17.9 Å². The number of aliphatic hydroxyl groups excluding tert-OH is 1. The Labute approximate surface area is 122 Å². The fourth-order valence-corrected chi connectivity index (χ4v) is 3.46. The van der Waals surface area contributed by atoms with Crippen LogP contribution in [0.5, 0.6) is 0 Å². The zero-order chi connectivity index (χ0) is 14.5. The van der Waals surface area contributed by atoms with Crippen LogP contribution < -0.4 is 5.73 Å². The lowest BCUT2D eigenvalue weighted by Crippen LogP contribution is -2.43. The minimum Gasteiger partial charge on any atom is -0.390 e. The summed E-state index contributed by atoms with van der Waals surface area (Å²) in [4.78, 5) is 15.7. The van der Waals surface area contributed by atoms with Crippen LogP contribution in [0.15, 0.2) is 0 Å². The van der Waals surface area contributed by atoms with Gasteiger partial charge in [-0.05, 0) is 44.8 Å². The molecule has 0 aliphatic carbocycles. The second kappa shape index (κ2) is 7.38. The number of likely N-dealkylation sites (tertiary alicyclic amines) is 2. The quantitative estimate of drug-likeness (QED) is 0.734. The molecule has 0 bridgehead atoms. The minimum absolute atomic E-state index is 0.0255. The van der Waals surface area contributed by atoms with Gasteiger partial charge in [0.05, 0.1) is 12.0 Å². The summed E-state index contributed by atoms with van der Waals surface area (Å²) in [7, 11) is 0. The van der Waals surface area contributed by atoms with Gasteiger partial charge in [-0.1, -0.05) is 13.3 Å². The number of carbonyl (C=O) groups excluding carboxylic acids is 1. The number of β-amino-alcohol motifs (C(OH)–C–C–N with tert-alkyl or cyclic N) is 1. The molecule has 2 heterocycles. The summed E-state index contributed by atoms with van der Waals surface area (Å²) >= 11 is 0. The highest BCUT2D eigenvalue weighted by molar-refractivity contribution is 5.77. The van der Waals surface area contributed by atoms with Crippen LogP contribution in [0, 0.1) is 11.8 Å². The second-order valence-electron chi connectivity index (χ2n) is 6.45. The highest BCUT2D eigenvalue weighted by Gasteiger charge is 2.28. The van der Waals surface area contributed by atoms with E-state index in [0.29, 0.717) is 13.1 Å². The summed E-state index contributed by atoms with van der Waals surface area (Å²) in [5.41, 5.74) is 5.33. The molecule has 5 nitrogen and oxygen atoms in total. The Morgan fingerprint density at radius 2 is 1.80 bits per heavy atom. The number of nitrogens with zero attached hydrogens (tertiary/aromatic N) is 2. The first-order chi connectivity index (χ1) is 9.58. The number of carbonyl (C=O) groups is 1. The molecule has 2 fully saturated rings. The summed E-state index contributed by atoms with van der Waals surface area (Å²) < 4.78 is 0. The van der Waals surface area contributed by atoms with Gasteiger partial charge >= 0.3 is 0 Å². The first-order valence-corrected chi connectivity index (χ1v) is 8.00. The van der Waals surface area contributed by atoms with Crippen LogP contribution in [-0.2, 0) is 4.79 Å². The fraction of sp³-hybridized carbons (Fsp3) is 0.933. The van der Waals surface area contributed by atoms with Crippen LogP contribution in [-0.4, -0.2) is 66.2 Å². The molecule has 2 aliphatic heterocycles. The summed E-state index contributed by atoms with van der Waals surface area (Å²) in [6.45, 7) is 7.50. The average molecular weight is 283 g/mol. The zero-order valence-electron chi connectivity index (χ0n) is 12.6. The lowest BCUT2D eigenvalue weighted by Gasteiger charge is -2.33. The molecule has 2 atom stereocenters. The van der Waals surface area contributed by atoms with Crippen molar-refractivity contribution >= 4 is 5.91 Å². The monoisotopic (exact) mass is 283 g/mol. The minimum atomic E-state index is -0.320. The predicted molar refractivity (Wildman–Crippen MR) is 79.2 cm³/mol. The summed E-state index contributed by atoms with van der Waals surface area (Å²) in [6.07, 6.45) is 4.32. The third-order valence-corrected chi connectivity index (χ3v) is 4.90. The Hall–Kier alpha value is -0.650. The van der Waals surface area contributed by atoms with Crippen molar-refractivity contribution in [3.05, 3.63) is 0 Å². The van der Waals surface area contributed by atoms with Crippen LogP contribution in [0.2, 0.25) is 0 Å². The van der Waals surface area contributed by atoms with Gasteiger partial charge in [0.25, 0.3) is 0 Å². The first-order valence-electron chi connectivity index (χ1n) is 8.00. The van der Waals surface area contributed by atoms with Crippen molar-refractivity contribution in [3.63, 3.8) is 0 Å². The van der Waals surface area contributed by atoms with Crippen molar-refractivity contribution in [2.24, 2.45) is 17.6 Å². The van der Waals surface area contributed by atoms with Crippen molar-refractivity contribution in [2.75, 3.05) is 39.3 Å². The van der Waals surface area contributed by atoms with Gasteiger partial charge in [-0.15, -0.1) is 0 Å². The Morgan fingerprint density at radius 3 is 2.35 bits per heavy atom. The van der Waals surface area contributed by atoms with Crippen LogP contribution in [0.25, 0.3) is 0 Å². The van der Waals surface area contributed by atoms with Gasteiger partial charge in [0.15, 0.2) is 0 Å². The Kier molecular flexibility index (Phi) is 5.81. The number of rotatable bonds is 6. The van der Waals surface area contributed by atoms with E-state index in [1.54, 1.807) is 0 Å². The molecule has 5 heteroatoms. The number of hydrogen-bond donors (Lipinski definition) is 2. The molecule has 2 aliphatic rings. The third-order valence-electron chi connectivity index (χ3n) is 4.90. The topological polar surface area (TPSA) is 69.8 Å². The molecule has 2 rings (SSSR count). The van der Waals surface area contributed by atoms with Gasteiger partial charge in [-0.3, -0.25) is 9.69 Å². The standard InChI is InChI=1S/C15H29N3O2/c1-2-12-3-6-17(7-4-12)10-14(19)11-18-8-5-13(9-18)15(16)20/h12-14,19H,2-11H2,1H3,(H2,16,20). The molecule has 2 unspecified atom stereocenters. The molecular weight excluding hydrogens is 254 g/mol. The Balaban J connectivity index is 1.66. The smallest absolute Gasteiger partial charge is 0.221 e. The number of primary amides is 1. The van der Waals surface area contributed by atoms with E-state index in [1.807, 2.05) is 0 Å². The van der Waals surface area contributed by atoms with E-state index in [1.165, 1.54) is 19.3 Å². The summed E-state index contributed by atoms with van der Waals surface area (Å²) in [5.74, 6) is 0.643. The molecule has 20 heavy (non-hydrogen) atoms. The van der Waals surface area contributed by atoms with Crippen LogP contribution in [0.3, 0.4) is 0 Å². The average Bonchev–Trinajstić information content (AvgIpc) is 2.88. The molecule has 1 amide bonds. The first kappa shape index (κ1) is 15.7. The molecule has 2 saturated heterocycles. The maximum Gasteiger partial charge on any atom is 0.221 e. The van der Waals surface area contributed by atoms with E-state index < -0.39 is 0 Å². The van der Waals surface area contributed by atoms with Gasteiger partial charge in [-0.25, -0.2) is 0 Å². The molecule has 0 saturated carbocycles. The van der Waals surface area contributed by atoms with Crippen molar-refractivity contribution in [1.29, 1.82) is 0 Å². The normalized spacial score (nSPS) is 27.8. The lowest BCUT2D eigenvalue weighted by molar-refractivity contribution is -0.121. The molecule has 0 spiro atoms. The van der Waals surface area contributed by atoms with Gasteiger partial charge in [0, 0.05) is 19.6 Å².